The first-order valence-electron chi connectivity index (χ1n) is 8.73. The van der Waals surface area contributed by atoms with Crippen molar-refractivity contribution in [3.63, 3.8) is 0 Å². The topological polar surface area (TPSA) is 129 Å². The summed E-state index contributed by atoms with van der Waals surface area (Å²) in [6.45, 7) is 0.377. The van der Waals surface area contributed by atoms with E-state index in [2.05, 4.69) is 15.2 Å². The van der Waals surface area contributed by atoms with Crippen LogP contribution in [0.4, 0.5) is 0 Å². The van der Waals surface area contributed by atoms with Gasteiger partial charge in [-0.05, 0) is 12.8 Å². The van der Waals surface area contributed by atoms with Crippen molar-refractivity contribution in [1.82, 2.24) is 29.2 Å². The van der Waals surface area contributed by atoms with E-state index in [0.29, 0.717) is 0 Å². The Labute approximate surface area is 149 Å². The molecule has 26 heavy (non-hydrogen) atoms. The van der Waals surface area contributed by atoms with E-state index < -0.39 is 11.2 Å². The third-order valence-electron chi connectivity index (χ3n) is 4.79. The van der Waals surface area contributed by atoms with Gasteiger partial charge in [0.25, 0.3) is 5.56 Å². The number of nitrogens with zero attached hydrogens (tertiary/aromatic N) is 6. The van der Waals surface area contributed by atoms with Gasteiger partial charge < -0.3 is 10.6 Å². The largest absolute Gasteiger partial charge is 0.338 e. The summed E-state index contributed by atoms with van der Waals surface area (Å²) in [6, 6.07) is 0.00700. The van der Waals surface area contributed by atoms with Crippen molar-refractivity contribution in [1.29, 1.82) is 0 Å². The molecule has 1 aliphatic carbocycles. The van der Waals surface area contributed by atoms with Gasteiger partial charge in [-0.1, -0.05) is 12.8 Å². The zero-order valence-corrected chi connectivity index (χ0v) is 15.0. The van der Waals surface area contributed by atoms with E-state index in [9.17, 15) is 14.4 Å². The average Bonchev–Trinajstić information content (AvgIpc) is 3.15. The lowest BCUT2D eigenvalue weighted by molar-refractivity contribution is -0.130. The third-order valence-corrected chi connectivity index (χ3v) is 4.79. The molecule has 10 nitrogen and oxygen atoms in total. The molecule has 0 saturated heterocycles. The van der Waals surface area contributed by atoms with E-state index in [1.807, 2.05) is 0 Å². The second-order valence-electron chi connectivity index (χ2n) is 6.64. The minimum atomic E-state index is -0.508. The van der Waals surface area contributed by atoms with Gasteiger partial charge in [0.05, 0.1) is 6.54 Å². The Hall–Kier alpha value is -2.62. The Bertz CT molecular complexity index is 943. The molecule has 2 aromatic rings. The number of hydrogen-bond donors (Lipinski definition) is 1. The fraction of sp³-hybridized carbons (Fsp3) is 0.625. The third kappa shape index (κ3) is 3.24. The molecule has 0 aliphatic heterocycles. The van der Waals surface area contributed by atoms with Crippen LogP contribution in [0, 0.1) is 0 Å². The number of amides is 1. The summed E-state index contributed by atoms with van der Waals surface area (Å²) in [4.78, 5) is 42.7. The molecule has 0 bridgehead atoms. The fourth-order valence-electron chi connectivity index (χ4n) is 3.33. The summed E-state index contributed by atoms with van der Waals surface area (Å²) >= 11 is 0. The zero-order chi connectivity index (χ0) is 18.8. The van der Waals surface area contributed by atoms with Gasteiger partial charge in [0.1, 0.15) is 0 Å². The van der Waals surface area contributed by atoms with Crippen LogP contribution in [0.5, 0.6) is 0 Å². The summed E-state index contributed by atoms with van der Waals surface area (Å²) in [6.07, 6.45) is 4.03. The minimum Gasteiger partial charge on any atom is -0.338 e. The van der Waals surface area contributed by atoms with E-state index in [1.165, 1.54) is 16.5 Å². The number of nitrogens with two attached hydrogens (primary N) is 1. The molecule has 2 aromatic heterocycles. The van der Waals surface area contributed by atoms with Crippen molar-refractivity contribution in [2.75, 3.05) is 13.6 Å². The van der Waals surface area contributed by atoms with Gasteiger partial charge in [0.15, 0.2) is 17.0 Å². The Balaban J connectivity index is 2.06. The van der Waals surface area contributed by atoms with Gasteiger partial charge in [-0.25, -0.2) is 9.78 Å². The molecule has 2 heterocycles. The molecule has 3 rings (SSSR count). The highest BCUT2D eigenvalue weighted by Crippen LogP contribution is 2.29. The lowest BCUT2D eigenvalue weighted by atomic mass is 10.2. The molecule has 10 heteroatoms. The molecule has 0 spiro atoms. The molecular weight excluding hydrogens is 338 g/mol. The van der Waals surface area contributed by atoms with Crippen LogP contribution in [0.25, 0.3) is 11.2 Å². The van der Waals surface area contributed by atoms with Crippen LogP contribution in [-0.2, 0) is 18.4 Å². The smallest absolute Gasteiger partial charge is 0.332 e. The standard InChI is InChI=1S/C16H23N7O3/c1-21(12(24)7-8-17)9-11-18-13-14(20-19-11)23(10-5-3-4-6-10)16(26)22(2)15(13)25/h10H,3-9,17H2,1-2H3. The van der Waals surface area contributed by atoms with Crippen molar-refractivity contribution >= 4 is 17.1 Å². The predicted molar refractivity (Wildman–Crippen MR) is 94.5 cm³/mol. The Morgan fingerprint density at radius 3 is 2.62 bits per heavy atom. The lowest BCUT2D eigenvalue weighted by Crippen LogP contribution is -2.40. The van der Waals surface area contributed by atoms with Gasteiger partial charge in [-0.3, -0.25) is 18.7 Å². The van der Waals surface area contributed by atoms with Crippen LogP contribution in [-0.4, -0.2) is 48.7 Å². The van der Waals surface area contributed by atoms with Crippen molar-refractivity contribution in [3.8, 4) is 0 Å². The summed E-state index contributed by atoms with van der Waals surface area (Å²) in [7, 11) is 3.05. The number of rotatable bonds is 5. The maximum absolute atomic E-state index is 12.6. The van der Waals surface area contributed by atoms with Gasteiger partial charge in [-0.15, -0.1) is 10.2 Å². The Kier molecular flexibility index (Phi) is 5.12. The van der Waals surface area contributed by atoms with Crippen LogP contribution in [0.2, 0.25) is 0 Å². The Morgan fingerprint density at radius 2 is 1.96 bits per heavy atom. The van der Waals surface area contributed by atoms with Crippen LogP contribution in [0.3, 0.4) is 0 Å². The number of fused-ring (bicyclic) bond motifs is 1. The monoisotopic (exact) mass is 361 g/mol. The first-order valence-corrected chi connectivity index (χ1v) is 8.73. The fourth-order valence-corrected chi connectivity index (χ4v) is 3.33. The van der Waals surface area contributed by atoms with Crippen LogP contribution in [0.15, 0.2) is 9.59 Å². The van der Waals surface area contributed by atoms with E-state index in [-0.39, 0.29) is 48.4 Å². The molecule has 140 valence electrons. The van der Waals surface area contributed by atoms with Crippen molar-refractivity contribution in [2.24, 2.45) is 12.8 Å². The number of aromatic nitrogens is 5. The van der Waals surface area contributed by atoms with Crippen LogP contribution >= 0.6 is 0 Å². The lowest BCUT2D eigenvalue weighted by Gasteiger charge is -2.18. The van der Waals surface area contributed by atoms with Gasteiger partial charge in [0, 0.05) is 33.1 Å². The molecule has 0 radical (unpaired) electrons. The molecule has 0 aromatic carbocycles. The Morgan fingerprint density at radius 1 is 1.27 bits per heavy atom. The zero-order valence-electron chi connectivity index (χ0n) is 15.0. The maximum atomic E-state index is 12.6. The highest BCUT2D eigenvalue weighted by atomic mass is 16.2. The molecule has 2 N–H and O–H groups in total. The minimum absolute atomic E-state index is 0.00700. The van der Waals surface area contributed by atoms with Crippen molar-refractivity contribution in [2.45, 2.75) is 44.7 Å². The van der Waals surface area contributed by atoms with E-state index >= 15 is 0 Å². The van der Waals surface area contributed by atoms with Crippen LogP contribution in [0.1, 0.15) is 44.0 Å². The number of carbonyl (C=O) groups excluding carboxylic acids is 1. The van der Waals surface area contributed by atoms with Gasteiger partial charge in [-0.2, -0.15) is 0 Å². The van der Waals surface area contributed by atoms with E-state index in [1.54, 1.807) is 7.05 Å². The predicted octanol–water partition coefficient (Wildman–Crippen LogP) is -0.692. The summed E-state index contributed by atoms with van der Waals surface area (Å²) in [5.41, 5.74) is 4.80. The van der Waals surface area contributed by atoms with Crippen molar-refractivity contribution < 1.29 is 4.79 Å². The first-order chi connectivity index (χ1) is 12.4. The summed E-state index contributed by atoms with van der Waals surface area (Å²) in [5, 5.41) is 8.16. The average molecular weight is 361 g/mol. The summed E-state index contributed by atoms with van der Waals surface area (Å²) in [5.74, 6) is 0.110. The molecule has 0 unspecified atom stereocenters. The molecule has 1 aliphatic rings. The molecule has 1 amide bonds. The number of hydrogen-bond acceptors (Lipinski definition) is 7. The molecule has 1 fully saturated rings. The second kappa shape index (κ2) is 7.32. The first kappa shape index (κ1) is 18.2. The summed E-state index contributed by atoms with van der Waals surface area (Å²) < 4.78 is 2.60. The highest BCUT2D eigenvalue weighted by molar-refractivity contribution is 5.76. The van der Waals surface area contributed by atoms with E-state index in [0.717, 1.165) is 30.3 Å². The van der Waals surface area contributed by atoms with Crippen LogP contribution < -0.4 is 17.0 Å². The number of carbonyl (C=O) groups is 1. The molecule has 0 atom stereocenters. The maximum Gasteiger partial charge on any atom is 0.332 e. The SMILES string of the molecule is CN(Cc1nnc2c(n1)c(=O)n(C)c(=O)n2C1CCCC1)C(=O)CCN. The van der Waals surface area contributed by atoms with Crippen molar-refractivity contribution in [3.05, 3.63) is 26.7 Å². The quantitative estimate of drug-likeness (QED) is 0.746. The highest BCUT2D eigenvalue weighted by Gasteiger charge is 2.24. The van der Waals surface area contributed by atoms with Gasteiger partial charge in [0.2, 0.25) is 5.91 Å². The second-order valence-corrected chi connectivity index (χ2v) is 6.64. The molecule has 1 saturated carbocycles. The van der Waals surface area contributed by atoms with E-state index in [4.69, 9.17) is 5.73 Å². The molecular formula is C16H23N7O3. The van der Waals surface area contributed by atoms with Gasteiger partial charge >= 0.3 is 5.69 Å². The normalized spacial score (nSPS) is 14.9.